The van der Waals surface area contributed by atoms with E-state index in [9.17, 15) is 0 Å². The van der Waals surface area contributed by atoms with Crippen molar-refractivity contribution in [2.45, 2.75) is 71.5 Å². The predicted octanol–water partition coefficient (Wildman–Crippen LogP) is 11.8. The zero-order valence-electron chi connectivity index (χ0n) is 33.5. The average Bonchev–Trinajstić information content (AvgIpc) is 3.19. The summed E-state index contributed by atoms with van der Waals surface area (Å²) < 4.78 is 40.8. The zero-order chi connectivity index (χ0) is 37.6. The molecule has 1 fully saturated rings. The second-order valence-corrected chi connectivity index (χ2v) is 13.1. The largest absolute Gasteiger partial charge is 0.305 e. The first-order valence-electron chi connectivity index (χ1n) is 19.4. The van der Waals surface area contributed by atoms with Crippen molar-refractivity contribution >= 4 is 0 Å². The number of rotatable bonds is 7. The van der Waals surface area contributed by atoms with Gasteiger partial charge in [0, 0.05) is 39.4 Å². The van der Waals surface area contributed by atoms with E-state index in [0.29, 0.717) is 11.3 Å². The molecule has 0 amide bonds. The van der Waals surface area contributed by atoms with Gasteiger partial charge in [-0.3, -0.25) is 0 Å². The van der Waals surface area contributed by atoms with Gasteiger partial charge in [-0.1, -0.05) is 124 Å². The minimum Gasteiger partial charge on any atom is -0.305 e. The Morgan fingerprint density at radius 3 is 2.22 bits per heavy atom. The van der Waals surface area contributed by atoms with Crippen LogP contribution in [0, 0.1) is 31.8 Å². The summed E-state index contributed by atoms with van der Waals surface area (Å²) in [5.74, 6) is 0.0901. The second-order valence-electron chi connectivity index (χ2n) is 13.1. The molecule has 0 saturated heterocycles. The molecule has 0 aliphatic heterocycles. The molecule has 251 valence electrons. The first kappa shape index (κ1) is 29.7. The van der Waals surface area contributed by atoms with Crippen LogP contribution in [0.5, 0.6) is 0 Å². The molecule has 1 aliphatic rings. The van der Waals surface area contributed by atoms with E-state index in [1.807, 2.05) is 78.9 Å². The van der Waals surface area contributed by atoms with Crippen molar-refractivity contribution in [2.75, 3.05) is 0 Å². The number of hydrogen-bond acceptors (Lipinski definition) is 2. The Hall–Kier alpha value is -4.17. The zero-order valence-corrected chi connectivity index (χ0v) is 30.9. The third-order valence-electron chi connectivity index (χ3n) is 9.28. The van der Waals surface area contributed by atoms with Crippen molar-refractivity contribution in [3.8, 4) is 33.6 Å². The van der Waals surface area contributed by atoms with Gasteiger partial charge in [0.15, 0.2) is 0 Å². The van der Waals surface area contributed by atoms with Crippen molar-refractivity contribution in [3.05, 3.63) is 168 Å². The van der Waals surface area contributed by atoms with E-state index in [1.54, 1.807) is 6.20 Å². The molecule has 2 nitrogen and oxygen atoms in total. The Kier molecular flexibility index (Phi) is 10.3. The van der Waals surface area contributed by atoms with Crippen molar-refractivity contribution in [1.82, 2.24) is 9.97 Å². The number of nitrogens with zero attached hydrogens (tertiary/aromatic N) is 2. The maximum absolute atomic E-state index is 8.82. The summed E-state index contributed by atoms with van der Waals surface area (Å²) in [6.07, 6.45) is 7.30. The predicted molar refractivity (Wildman–Crippen MR) is 201 cm³/mol. The standard InChI is InChI=1S/C28H32N.C18H14N.Ir/c1-21-12-14-25(15-13-21)28(2,3)26-11-7-10-24(20-26)27-19-23(16-17-29-27)18-22-8-5-4-6-9-22;1-14-13-19-18(16-10-6-3-7-11-16)12-17(14)15-8-4-2-5-9-15;/h7,11-17,19-20,22H,4-6,8-9,18H2,1-3H3;2-10,12-13H,1H3;/q2*-1;/i18D2;1D3;. The molecule has 6 aromatic rings. The number of benzene rings is 4. The van der Waals surface area contributed by atoms with Crippen molar-refractivity contribution < 1.29 is 27.0 Å². The van der Waals surface area contributed by atoms with E-state index >= 15 is 0 Å². The van der Waals surface area contributed by atoms with Crippen LogP contribution in [0.15, 0.2) is 128 Å². The maximum Gasteiger partial charge on any atom is 0.0319 e. The summed E-state index contributed by atoms with van der Waals surface area (Å²) in [7, 11) is 0. The minimum atomic E-state index is -2.20. The van der Waals surface area contributed by atoms with Crippen LogP contribution < -0.4 is 0 Å². The maximum atomic E-state index is 8.82. The van der Waals surface area contributed by atoms with Crippen LogP contribution in [0.3, 0.4) is 0 Å². The Morgan fingerprint density at radius 2 is 1.49 bits per heavy atom. The first-order chi connectivity index (χ1) is 25.3. The molecule has 2 aromatic heterocycles. The third kappa shape index (κ3) is 9.30. The van der Waals surface area contributed by atoms with E-state index in [2.05, 4.69) is 79.3 Å². The quantitative estimate of drug-likeness (QED) is 0.150. The average molecular weight is 824 g/mol. The van der Waals surface area contributed by atoms with E-state index in [-0.39, 0.29) is 37.0 Å². The minimum absolute atomic E-state index is 0. The van der Waals surface area contributed by atoms with E-state index in [1.165, 1.54) is 29.3 Å². The summed E-state index contributed by atoms with van der Waals surface area (Å²) in [5.41, 5.74) is 9.40. The SMILES string of the molecule is [2H]C([2H])([2H])c1cnc(-c2[c-]cccc2)cc1-c1ccccc1.[2H]C([2H])(c1ccnc(-c2[c-]ccc(C(C)(C)c3ccc(C)cc3)c2)c1)C1CCCCC1.[Ir]. The number of hydrogen-bond donors (Lipinski definition) is 0. The van der Waals surface area contributed by atoms with Gasteiger partial charge in [-0.25, -0.2) is 0 Å². The molecule has 4 aromatic carbocycles. The monoisotopic (exact) mass is 824 g/mol. The number of aryl methyl sites for hydroxylation is 2. The van der Waals surface area contributed by atoms with E-state index < -0.39 is 13.2 Å². The van der Waals surface area contributed by atoms with Gasteiger partial charge < -0.3 is 9.97 Å². The van der Waals surface area contributed by atoms with Crippen LogP contribution >= 0.6 is 0 Å². The molecule has 0 bridgehead atoms. The molecule has 2 heterocycles. The van der Waals surface area contributed by atoms with Gasteiger partial charge in [0.2, 0.25) is 0 Å². The fourth-order valence-electron chi connectivity index (χ4n) is 6.30. The van der Waals surface area contributed by atoms with Crippen LogP contribution in [0.1, 0.15) is 80.6 Å². The van der Waals surface area contributed by atoms with Gasteiger partial charge in [0.1, 0.15) is 0 Å². The van der Waals surface area contributed by atoms with Gasteiger partial charge in [-0.15, -0.1) is 71.3 Å². The fraction of sp³-hybridized carbons (Fsp3) is 0.261. The molecule has 1 saturated carbocycles. The molecular weight excluding hydrogens is 773 g/mol. The first-order valence-corrected chi connectivity index (χ1v) is 16.9. The van der Waals surface area contributed by atoms with Crippen molar-refractivity contribution in [2.24, 2.45) is 5.92 Å². The summed E-state index contributed by atoms with van der Waals surface area (Å²) in [4.78, 5) is 8.89. The normalized spacial score (nSPS) is 15.2. The molecule has 0 unspecified atom stereocenters. The Balaban J connectivity index is 0.000000215. The molecule has 0 atom stereocenters. The summed E-state index contributed by atoms with van der Waals surface area (Å²) >= 11 is 0. The smallest absolute Gasteiger partial charge is 0.0319 e. The Labute approximate surface area is 314 Å². The molecule has 0 N–H and O–H groups in total. The number of aromatic nitrogens is 2. The Morgan fingerprint density at radius 1 is 0.755 bits per heavy atom. The topological polar surface area (TPSA) is 25.8 Å². The van der Waals surface area contributed by atoms with Crippen LogP contribution in [0.25, 0.3) is 33.6 Å². The van der Waals surface area contributed by atoms with E-state index in [0.717, 1.165) is 53.6 Å². The van der Waals surface area contributed by atoms with Gasteiger partial charge in [-0.2, -0.15) is 0 Å². The van der Waals surface area contributed by atoms with Gasteiger partial charge in [-0.05, 0) is 71.2 Å². The van der Waals surface area contributed by atoms with Crippen LogP contribution in [0.4, 0.5) is 0 Å². The van der Waals surface area contributed by atoms with Gasteiger partial charge in [0.25, 0.3) is 0 Å². The molecule has 0 spiro atoms. The molecule has 49 heavy (non-hydrogen) atoms. The van der Waals surface area contributed by atoms with Gasteiger partial charge in [0.05, 0.1) is 0 Å². The summed E-state index contributed by atoms with van der Waals surface area (Å²) in [5, 5.41) is 0. The summed E-state index contributed by atoms with van der Waals surface area (Å²) in [6, 6.07) is 44.0. The van der Waals surface area contributed by atoms with Gasteiger partial charge >= 0.3 is 0 Å². The molecule has 1 aliphatic carbocycles. The van der Waals surface area contributed by atoms with Crippen LogP contribution in [0.2, 0.25) is 0 Å². The molecule has 1 radical (unpaired) electrons. The molecule has 7 rings (SSSR count). The fourth-order valence-corrected chi connectivity index (χ4v) is 6.30. The van der Waals surface area contributed by atoms with Crippen molar-refractivity contribution in [1.29, 1.82) is 0 Å². The van der Waals surface area contributed by atoms with Crippen molar-refractivity contribution in [3.63, 3.8) is 0 Å². The molecule has 3 heteroatoms. The summed E-state index contributed by atoms with van der Waals surface area (Å²) in [6.45, 7) is 4.39. The second kappa shape index (κ2) is 17.0. The number of pyridine rings is 2. The Bertz CT molecular complexity index is 2110. The van der Waals surface area contributed by atoms with E-state index in [4.69, 9.17) is 6.85 Å². The van der Waals surface area contributed by atoms with Crippen LogP contribution in [-0.4, -0.2) is 9.97 Å². The third-order valence-corrected chi connectivity index (χ3v) is 9.28. The molecular formula is C46H46IrN2-2. The van der Waals surface area contributed by atoms with Crippen LogP contribution in [-0.2, 0) is 31.9 Å².